The van der Waals surface area contributed by atoms with Gasteiger partial charge in [-0.15, -0.1) is 0 Å². The van der Waals surface area contributed by atoms with Crippen LogP contribution >= 0.6 is 11.6 Å². The van der Waals surface area contributed by atoms with Crippen molar-refractivity contribution in [2.75, 3.05) is 5.73 Å². The number of anilines is 1. The maximum Gasteiger partial charge on any atom is 0.142 e. The summed E-state index contributed by atoms with van der Waals surface area (Å²) >= 11 is 6.01. The molecular weight excluding hydrogens is 246 g/mol. The van der Waals surface area contributed by atoms with E-state index in [1.54, 1.807) is 0 Å². The second-order valence-corrected chi connectivity index (χ2v) is 4.65. The molecule has 3 aromatic rings. The van der Waals surface area contributed by atoms with Crippen LogP contribution in [0.15, 0.2) is 42.5 Å². The highest BCUT2D eigenvalue weighted by Crippen LogP contribution is 2.28. The lowest BCUT2D eigenvalue weighted by molar-refractivity contribution is 0.960. The van der Waals surface area contributed by atoms with Crippen LogP contribution in [0.3, 0.4) is 0 Å². The summed E-state index contributed by atoms with van der Waals surface area (Å²) in [6, 6.07) is 13.4. The number of fused-ring (bicyclic) bond motifs is 1. The van der Waals surface area contributed by atoms with Gasteiger partial charge in [-0.2, -0.15) is 0 Å². The van der Waals surface area contributed by atoms with Gasteiger partial charge in [0.05, 0.1) is 11.0 Å². The predicted octanol–water partition coefficient (Wildman–Crippen LogP) is 3.48. The van der Waals surface area contributed by atoms with E-state index >= 15 is 0 Å². The third-order valence-corrected chi connectivity index (χ3v) is 3.28. The number of para-hydroxylation sites is 1. The Hall–Kier alpha value is -2.00. The monoisotopic (exact) mass is 257 g/mol. The minimum absolute atomic E-state index is 0.707. The van der Waals surface area contributed by atoms with Crippen LogP contribution in [-0.4, -0.2) is 9.55 Å². The van der Waals surface area contributed by atoms with Crippen molar-refractivity contribution in [2.45, 2.75) is 0 Å². The Kier molecular flexibility index (Phi) is 2.49. The van der Waals surface area contributed by atoms with E-state index in [1.165, 1.54) is 0 Å². The summed E-state index contributed by atoms with van der Waals surface area (Å²) in [7, 11) is 1.97. The third-order valence-electron chi connectivity index (χ3n) is 3.04. The molecule has 0 radical (unpaired) electrons. The fraction of sp³-hybridized carbons (Fsp3) is 0.0714. The lowest BCUT2D eigenvalue weighted by atomic mass is 10.2. The van der Waals surface area contributed by atoms with Gasteiger partial charge in [0.15, 0.2) is 0 Å². The first-order chi connectivity index (χ1) is 8.66. The number of nitrogen functional groups attached to an aromatic ring is 1. The van der Waals surface area contributed by atoms with E-state index in [2.05, 4.69) is 4.98 Å². The molecule has 4 heteroatoms. The zero-order chi connectivity index (χ0) is 12.7. The standard InChI is InChI=1S/C14H12ClN3/c1-18-13-8-9(15)6-7-12(13)17-14(18)10-4-2-3-5-11(10)16/h2-8H,16H2,1H3. The lowest BCUT2D eigenvalue weighted by Crippen LogP contribution is -1.96. The summed E-state index contributed by atoms with van der Waals surface area (Å²) in [5.41, 5.74) is 9.57. The zero-order valence-electron chi connectivity index (χ0n) is 9.89. The highest BCUT2D eigenvalue weighted by molar-refractivity contribution is 6.31. The Balaban J connectivity index is 2.31. The smallest absolute Gasteiger partial charge is 0.142 e. The van der Waals surface area contributed by atoms with E-state index in [0.717, 1.165) is 28.1 Å². The molecule has 90 valence electrons. The van der Waals surface area contributed by atoms with Gasteiger partial charge in [0.2, 0.25) is 0 Å². The molecule has 1 heterocycles. The number of aryl methyl sites for hydroxylation is 1. The average molecular weight is 258 g/mol. The van der Waals surface area contributed by atoms with Crippen molar-refractivity contribution < 1.29 is 0 Å². The average Bonchev–Trinajstić information content (AvgIpc) is 2.68. The molecule has 18 heavy (non-hydrogen) atoms. The molecule has 0 atom stereocenters. The number of rotatable bonds is 1. The van der Waals surface area contributed by atoms with Crippen molar-refractivity contribution in [3.63, 3.8) is 0 Å². The van der Waals surface area contributed by atoms with Gasteiger partial charge in [0.1, 0.15) is 5.82 Å². The van der Waals surface area contributed by atoms with Crippen molar-refractivity contribution in [1.82, 2.24) is 9.55 Å². The second-order valence-electron chi connectivity index (χ2n) is 4.21. The molecule has 0 unspecified atom stereocenters. The van der Waals surface area contributed by atoms with Crippen LogP contribution < -0.4 is 5.73 Å². The molecule has 0 bridgehead atoms. The summed E-state index contributed by atoms with van der Waals surface area (Å²) in [6.45, 7) is 0. The van der Waals surface area contributed by atoms with Gasteiger partial charge < -0.3 is 10.3 Å². The Morgan fingerprint density at radius 2 is 1.94 bits per heavy atom. The molecule has 3 rings (SSSR count). The maximum atomic E-state index is 6.01. The van der Waals surface area contributed by atoms with Gasteiger partial charge in [0, 0.05) is 23.3 Å². The van der Waals surface area contributed by atoms with Gasteiger partial charge in [0.25, 0.3) is 0 Å². The van der Waals surface area contributed by atoms with Crippen molar-refractivity contribution in [3.8, 4) is 11.4 Å². The number of nitrogens with zero attached hydrogens (tertiary/aromatic N) is 2. The summed E-state index contributed by atoms with van der Waals surface area (Å²) in [4.78, 5) is 4.61. The van der Waals surface area contributed by atoms with Crippen LogP contribution in [0.25, 0.3) is 22.4 Å². The number of benzene rings is 2. The molecule has 0 saturated heterocycles. The normalized spacial score (nSPS) is 11.0. The van der Waals surface area contributed by atoms with Gasteiger partial charge >= 0.3 is 0 Å². The van der Waals surface area contributed by atoms with Crippen LogP contribution in [0.4, 0.5) is 5.69 Å². The minimum Gasteiger partial charge on any atom is -0.398 e. The van der Waals surface area contributed by atoms with Crippen LogP contribution in [-0.2, 0) is 7.05 Å². The molecule has 1 aromatic heterocycles. The Morgan fingerprint density at radius 3 is 2.72 bits per heavy atom. The Bertz CT molecular complexity index is 731. The molecule has 0 amide bonds. The topological polar surface area (TPSA) is 43.8 Å². The van der Waals surface area contributed by atoms with E-state index in [-0.39, 0.29) is 0 Å². The molecule has 2 N–H and O–H groups in total. The van der Waals surface area contributed by atoms with Crippen LogP contribution in [0.1, 0.15) is 0 Å². The van der Waals surface area contributed by atoms with Crippen LogP contribution in [0, 0.1) is 0 Å². The van der Waals surface area contributed by atoms with Crippen LogP contribution in [0.5, 0.6) is 0 Å². The van der Waals surface area contributed by atoms with Crippen molar-refractivity contribution >= 4 is 28.3 Å². The van der Waals surface area contributed by atoms with E-state index in [1.807, 2.05) is 54.1 Å². The largest absolute Gasteiger partial charge is 0.398 e. The number of imidazole rings is 1. The van der Waals surface area contributed by atoms with E-state index in [4.69, 9.17) is 17.3 Å². The predicted molar refractivity (Wildman–Crippen MR) is 75.6 cm³/mol. The van der Waals surface area contributed by atoms with E-state index in [0.29, 0.717) is 5.02 Å². The van der Waals surface area contributed by atoms with Crippen molar-refractivity contribution in [2.24, 2.45) is 7.05 Å². The molecule has 2 aromatic carbocycles. The quantitative estimate of drug-likeness (QED) is 0.679. The highest BCUT2D eigenvalue weighted by atomic mass is 35.5. The molecule has 0 saturated carbocycles. The molecule has 0 aliphatic rings. The number of hydrogen-bond donors (Lipinski definition) is 1. The number of hydrogen-bond acceptors (Lipinski definition) is 2. The lowest BCUT2D eigenvalue weighted by Gasteiger charge is -2.05. The van der Waals surface area contributed by atoms with Crippen molar-refractivity contribution in [3.05, 3.63) is 47.5 Å². The minimum atomic E-state index is 0.707. The third kappa shape index (κ3) is 1.64. The van der Waals surface area contributed by atoms with E-state index in [9.17, 15) is 0 Å². The van der Waals surface area contributed by atoms with Gasteiger partial charge in [-0.05, 0) is 30.3 Å². The number of halogens is 1. The molecule has 0 aliphatic carbocycles. The Morgan fingerprint density at radius 1 is 1.17 bits per heavy atom. The molecule has 0 spiro atoms. The fourth-order valence-corrected chi connectivity index (χ4v) is 2.27. The first-order valence-corrected chi connectivity index (χ1v) is 6.01. The molecular formula is C14H12ClN3. The molecule has 3 nitrogen and oxygen atoms in total. The summed E-state index contributed by atoms with van der Waals surface area (Å²) < 4.78 is 2.01. The van der Waals surface area contributed by atoms with Gasteiger partial charge in [-0.1, -0.05) is 23.7 Å². The summed E-state index contributed by atoms with van der Waals surface area (Å²) in [5, 5.41) is 0.707. The van der Waals surface area contributed by atoms with E-state index < -0.39 is 0 Å². The first-order valence-electron chi connectivity index (χ1n) is 5.63. The second kappa shape index (κ2) is 4.03. The first kappa shape index (κ1) is 11.1. The number of nitrogens with two attached hydrogens (primary N) is 1. The maximum absolute atomic E-state index is 6.01. The Labute approximate surface area is 110 Å². The van der Waals surface area contributed by atoms with Gasteiger partial charge in [-0.25, -0.2) is 4.98 Å². The summed E-state index contributed by atoms with van der Waals surface area (Å²) in [6.07, 6.45) is 0. The van der Waals surface area contributed by atoms with Crippen LogP contribution in [0.2, 0.25) is 5.02 Å². The fourth-order valence-electron chi connectivity index (χ4n) is 2.10. The highest BCUT2D eigenvalue weighted by Gasteiger charge is 2.11. The zero-order valence-corrected chi connectivity index (χ0v) is 10.6. The van der Waals surface area contributed by atoms with Gasteiger partial charge in [-0.3, -0.25) is 0 Å². The van der Waals surface area contributed by atoms with Crippen molar-refractivity contribution in [1.29, 1.82) is 0 Å². The number of aromatic nitrogens is 2. The summed E-state index contributed by atoms with van der Waals surface area (Å²) in [5.74, 6) is 0.852. The molecule has 0 fully saturated rings. The molecule has 0 aliphatic heterocycles. The SMILES string of the molecule is Cn1c(-c2ccccc2N)nc2ccc(Cl)cc21.